The lowest BCUT2D eigenvalue weighted by molar-refractivity contribution is -0.124. The van der Waals surface area contributed by atoms with Gasteiger partial charge in [-0.3, -0.25) is 10.0 Å². The molecular formula is C21H24N2O3. The number of carbonyl (C=O) groups is 1. The monoisotopic (exact) mass is 352 g/mol. The first-order valence-electron chi connectivity index (χ1n) is 8.81. The van der Waals surface area contributed by atoms with E-state index in [1.165, 1.54) is 22.8 Å². The van der Waals surface area contributed by atoms with Crippen LogP contribution in [0.5, 0.6) is 5.75 Å². The predicted molar refractivity (Wildman–Crippen MR) is 101 cm³/mol. The van der Waals surface area contributed by atoms with E-state index in [9.17, 15) is 4.79 Å². The molecule has 0 bridgehead atoms. The number of hydrogen-bond acceptors (Lipinski definition) is 4. The second-order valence-electron chi connectivity index (χ2n) is 6.37. The van der Waals surface area contributed by atoms with Gasteiger partial charge in [0.25, 0.3) is 5.91 Å². The lowest BCUT2D eigenvalue weighted by Gasteiger charge is -2.15. The summed E-state index contributed by atoms with van der Waals surface area (Å²) >= 11 is 0. The number of fused-ring (bicyclic) bond motifs is 1. The number of carbonyl (C=O) groups excluding carboxylic acids is 1. The number of ether oxygens (including phenoxy) is 1. The summed E-state index contributed by atoms with van der Waals surface area (Å²) in [6.07, 6.45) is 6.04. The van der Waals surface area contributed by atoms with Crippen molar-refractivity contribution < 1.29 is 14.7 Å². The standard InChI is InChI=1S/C21H24N2O3/c1-26-20-5-3-2-4-16(20)12-13-22-19-10-8-17-14-15(6-9-18(17)19)7-11-21(24)23-25/h2-7,9,11,14,19,22,25H,8,10,12-13H2,1H3,(H,23,24)/b11-7+. The van der Waals surface area contributed by atoms with Gasteiger partial charge in [-0.1, -0.05) is 36.4 Å². The summed E-state index contributed by atoms with van der Waals surface area (Å²) in [6, 6.07) is 14.7. The van der Waals surface area contributed by atoms with Gasteiger partial charge in [0.15, 0.2) is 0 Å². The van der Waals surface area contributed by atoms with Crippen LogP contribution in [0.3, 0.4) is 0 Å². The average molecular weight is 352 g/mol. The zero-order chi connectivity index (χ0) is 18.4. The summed E-state index contributed by atoms with van der Waals surface area (Å²) < 4.78 is 5.41. The molecule has 26 heavy (non-hydrogen) atoms. The van der Waals surface area contributed by atoms with Crippen molar-refractivity contribution in [2.24, 2.45) is 0 Å². The number of methoxy groups -OCH3 is 1. The van der Waals surface area contributed by atoms with Gasteiger partial charge in [0.1, 0.15) is 5.75 Å². The molecule has 5 nitrogen and oxygen atoms in total. The highest BCUT2D eigenvalue weighted by atomic mass is 16.5. The van der Waals surface area contributed by atoms with Crippen molar-refractivity contribution in [2.75, 3.05) is 13.7 Å². The Morgan fingerprint density at radius 1 is 1.31 bits per heavy atom. The minimum atomic E-state index is -0.526. The highest BCUT2D eigenvalue weighted by Crippen LogP contribution is 2.32. The molecule has 0 aliphatic heterocycles. The molecule has 3 N–H and O–H groups in total. The Kier molecular flexibility index (Phi) is 6.04. The molecule has 1 amide bonds. The van der Waals surface area contributed by atoms with E-state index in [-0.39, 0.29) is 0 Å². The van der Waals surface area contributed by atoms with Gasteiger partial charge in [-0.2, -0.15) is 0 Å². The van der Waals surface area contributed by atoms with Gasteiger partial charge in [0.2, 0.25) is 0 Å². The normalized spacial score (nSPS) is 15.8. The number of aryl methyl sites for hydroxylation is 1. The summed E-state index contributed by atoms with van der Waals surface area (Å²) in [5, 5.41) is 12.2. The van der Waals surface area contributed by atoms with Crippen LogP contribution < -0.4 is 15.5 Å². The molecular weight excluding hydrogens is 328 g/mol. The largest absolute Gasteiger partial charge is 0.496 e. The van der Waals surface area contributed by atoms with Gasteiger partial charge < -0.3 is 10.1 Å². The molecule has 0 radical (unpaired) electrons. The Labute approximate surface area is 153 Å². The summed E-state index contributed by atoms with van der Waals surface area (Å²) in [5.41, 5.74) is 6.41. The van der Waals surface area contributed by atoms with Crippen LogP contribution in [0.2, 0.25) is 0 Å². The summed E-state index contributed by atoms with van der Waals surface area (Å²) in [7, 11) is 1.70. The molecule has 1 unspecified atom stereocenters. The number of para-hydroxylation sites is 1. The van der Waals surface area contributed by atoms with Crippen LogP contribution in [0.1, 0.15) is 34.7 Å². The summed E-state index contributed by atoms with van der Waals surface area (Å²) in [6.45, 7) is 0.892. The minimum Gasteiger partial charge on any atom is -0.496 e. The minimum absolute atomic E-state index is 0.360. The Morgan fingerprint density at radius 3 is 2.96 bits per heavy atom. The molecule has 0 heterocycles. The number of amides is 1. The van der Waals surface area contributed by atoms with Gasteiger partial charge in [0.05, 0.1) is 7.11 Å². The number of hydrogen-bond donors (Lipinski definition) is 3. The van der Waals surface area contributed by atoms with Crippen molar-refractivity contribution in [3.63, 3.8) is 0 Å². The lowest BCUT2D eigenvalue weighted by Crippen LogP contribution is -2.22. The molecule has 0 saturated heterocycles. The second kappa shape index (κ2) is 8.65. The molecule has 136 valence electrons. The number of benzene rings is 2. The first-order chi connectivity index (χ1) is 12.7. The maximum Gasteiger partial charge on any atom is 0.267 e. The third kappa shape index (κ3) is 4.31. The van der Waals surface area contributed by atoms with E-state index in [1.54, 1.807) is 18.7 Å². The van der Waals surface area contributed by atoms with Crippen molar-refractivity contribution >= 4 is 12.0 Å². The molecule has 1 aliphatic rings. The molecule has 2 aromatic rings. The van der Waals surface area contributed by atoms with E-state index in [0.717, 1.165) is 37.1 Å². The maximum atomic E-state index is 11.1. The number of hydroxylamine groups is 1. The van der Waals surface area contributed by atoms with Gasteiger partial charge in [-0.15, -0.1) is 0 Å². The molecule has 5 heteroatoms. The van der Waals surface area contributed by atoms with E-state index in [2.05, 4.69) is 23.5 Å². The molecule has 1 aliphatic carbocycles. The smallest absolute Gasteiger partial charge is 0.267 e. The summed E-state index contributed by atoms with van der Waals surface area (Å²) in [4.78, 5) is 11.1. The van der Waals surface area contributed by atoms with Crippen molar-refractivity contribution in [3.05, 3.63) is 70.8 Å². The Balaban J connectivity index is 1.59. The lowest BCUT2D eigenvalue weighted by atomic mass is 10.0. The molecule has 0 spiro atoms. The first kappa shape index (κ1) is 18.2. The third-order valence-electron chi connectivity index (χ3n) is 4.76. The van der Waals surface area contributed by atoms with E-state index in [0.29, 0.717) is 6.04 Å². The fourth-order valence-electron chi connectivity index (χ4n) is 3.45. The van der Waals surface area contributed by atoms with Crippen LogP contribution in [-0.4, -0.2) is 24.8 Å². The average Bonchev–Trinajstić information content (AvgIpc) is 3.08. The van der Waals surface area contributed by atoms with Gasteiger partial charge in [-0.05, 0) is 60.2 Å². The maximum absolute atomic E-state index is 11.1. The Morgan fingerprint density at radius 2 is 2.15 bits per heavy atom. The van der Waals surface area contributed by atoms with E-state index in [1.807, 2.05) is 24.3 Å². The Bertz CT molecular complexity index is 802. The van der Waals surface area contributed by atoms with E-state index in [4.69, 9.17) is 9.94 Å². The van der Waals surface area contributed by atoms with Crippen LogP contribution >= 0.6 is 0 Å². The number of nitrogens with one attached hydrogen (secondary N) is 2. The predicted octanol–water partition coefficient (Wildman–Crippen LogP) is 3.03. The quantitative estimate of drug-likeness (QED) is 0.407. The number of rotatable bonds is 7. The van der Waals surface area contributed by atoms with Gasteiger partial charge in [0, 0.05) is 12.1 Å². The molecule has 1 atom stereocenters. The second-order valence-corrected chi connectivity index (χ2v) is 6.37. The SMILES string of the molecule is COc1ccccc1CCNC1CCc2cc(/C=C/C(=O)NO)ccc21. The van der Waals surface area contributed by atoms with E-state index < -0.39 is 5.91 Å². The van der Waals surface area contributed by atoms with Crippen LogP contribution in [-0.2, 0) is 17.6 Å². The fraction of sp³-hybridized carbons (Fsp3) is 0.286. The summed E-state index contributed by atoms with van der Waals surface area (Å²) in [5.74, 6) is 0.408. The third-order valence-corrected chi connectivity index (χ3v) is 4.76. The van der Waals surface area contributed by atoms with E-state index >= 15 is 0 Å². The molecule has 0 aromatic heterocycles. The van der Waals surface area contributed by atoms with Gasteiger partial charge in [-0.25, -0.2) is 5.48 Å². The van der Waals surface area contributed by atoms with Crippen molar-refractivity contribution in [2.45, 2.75) is 25.3 Å². The van der Waals surface area contributed by atoms with Gasteiger partial charge >= 0.3 is 0 Å². The molecule has 0 saturated carbocycles. The highest BCUT2D eigenvalue weighted by molar-refractivity contribution is 5.90. The molecule has 2 aromatic carbocycles. The topological polar surface area (TPSA) is 70.6 Å². The van der Waals surface area contributed by atoms with Crippen molar-refractivity contribution in [1.82, 2.24) is 10.8 Å². The Hall–Kier alpha value is -2.63. The van der Waals surface area contributed by atoms with Crippen molar-refractivity contribution in [3.8, 4) is 5.75 Å². The van der Waals surface area contributed by atoms with Crippen molar-refractivity contribution in [1.29, 1.82) is 0 Å². The van der Waals surface area contributed by atoms with Crippen LogP contribution in [0.15, 0.2) is 48.5 Å². The molecule has 0 fully saturated rings. The first-order valence-corrected chi connectivity index (χ1v) is 8.81. The zero-order valence-corrected chi connectivity index (χ0v) is 14.9. The van der Waals surface area contributed by atoms with Crippen LogP contribution in [0.25, 0.3) is 6.08 Å². The molecule has 3 rings (SSSR count). The fourth-order valence-corrected chi connectivity index (χ4v) is 3.45. The van der Waals surface area contributed by atoms with Crippen LogP contribution in [0, 0.1) is 0 Å². The zero-order valence-electron chi connectivity index (χ0n) is 14.9. The van der Waals surface area contributed by atoms with Crippen LogP contribution in [0.4, 0.5) is 0 Å². The highest BCUT2D eigenvalue weighted by Gasteiger charge is 2.21.